The van der Waals surface area contributed by atoms with Crippen molar-refractivity contribution in [3.63, 3.8) is 0 Å². The summed E-state index contributed by atoms with van der Waals surface area (Å²) in [6.45, 7) is 2.53. The van der Waals surface area contributed by atoms with Crippen molar-refractivity contribution in [1.82, 2.24) is 19.7 Å². The molecule has 7 heteroatoms. The van der Waals surface area contributed by atoms with E-state index in [1.54, 1.807) is 24.0 Å². The number of likely N-dealkylation sites (tertiary alicyclic amines) is 1. The SMILES string of the molecule is CC(O)CC1CCCN1C(=O)c1cnc(-c2cnn(C)c2)s1. The number of rotatable bonds is 4. The van der Waals surface area contributed by atoms with Crippen molar-refractivity contribution in [2.24, 2.45) is 7.05 Å². The number of nitrogens with zero attached hydrogens (tertiary/aromatic N) is 4. The fourth-order valence-electron chi connectivity index (χ4n) is 2.92. The van der Waals surface area contributed by atoms with E-state index in [-0.39, 0.29) is 18.1 Å². The Balaban J connectivity index is 1.76. The summed E-state index contributed by atoms with van der Waals surface area (Å²) in [6.07, 6.45) is 7.50. The molecule has 0 radical (unpaired) electrons. The van der Waals surface area contributed by atoms with Crippen molar-refractivity contribution >= 4 is 17.2 Å². The van der Waals surface area contributed by atoms with Gasteiger partial charge in [0.2, 0.25) is 0 Å². The highest BCUT2D eigenvalue weighted by Crippen LogP contribution is 2.29. The molecule has 3 heterocycles. The maximum absolute atomic E-state index is 12.7. The van der Waals surface area contributed by atoms with Gasteiger partial charge in [-0.1, -0.05) is 0 Å². The first-order valence-electron chi connectivity index (χ1n) is 7.48. The van der Waals surface area contributed by atoms with Gasteiger partial charge in [-0.15, -0.1) is 11.3 Å². The van der Waals surface area contributed by atoms with Crippen LogP contribution in [0.5, 0.6) is 0 Å². The minimum atomic E-state index is -0.384. The van der Waals surface area contributed by atoms with Crippen molar-refractivity contribution in [1.29, 1.82) is 0 Å². The zero-order valence-corrected chi connectivity index (χ0v) is 13.6. The maximum atomic E-state index is 12.7. The molecule has 0 aromatic carbocycles. The first-order chi connectivity index (χ1) is 10.5. The molecule has 2 aromatic heterocycles. The second-order valence-corrected chi connectivity index (χ2v) is 6.84. The average Bonchev–Trinajstić information content (AvgIpc) is 3.16. The molecule has 1 saturated heterocycles. The zero-order valence-electron chi connectivity index (χ0n) is 12.8. The smallest absolute Gasteiger partial charge is 0.265 e. The summed E-state index contributed by atoms with van der Waals surface area (Å²) in [5, 5.41) is 14.5. The molecule has 1 fully saturated rings. The molecular formula is C15H20N4O2S. The van der Waals surface area contributed by atoms with Crippen LogP contribution in [0.15, 0.2) is 18.6 Å². The van der Waals surface area contributed by atoms with Crippen LogP contribution in [0.3, 0.4) is 0 Å². The van der Waals surface area contributed by atoms with Crippen LogP contribution >= 0.6 is 11.3 Å². The Morgan fingerprint density at radius 2 is 2.36 bits per heavy atom. The molecule has 0 bridgehead atoms. The van der Waals surface area contributed by atoms with E-state index < -0.39 is 0 Å². The molecule has 2 aromatic rings. The number of hydrogen-bond donors (Lipinski definition) is 1. The van der Waals surface area contributed by atoms with Crippen LogP contribution in [0.25, 0.3) is 10.6 Å². The van der Waals surface area contributed by atoms with E-state index in [0.717, 1.165) is 30.0 Å². The van der Waals surface area contributed by atoms with Gasteiger partial charge in [-0.3, -0.25) is 9.48 Å². The Hall–Kier alpha value is -1.73. The van der Waals surface area contributed by atoms with Crippen molar-refractivity contribution in [2.45, 2.75) is 38.3 Å². The standard InChI is InChI=1S/C15H20N4O2S/c1-10(20)6-12-4-3-5-19(12)15(21)13-8-16-14(22-13)11-7-17-18(2)9-11/h7-10,12,20H,3-6H2,1-2H3. The molecule has 6 nitrogen and oxygen atoms in total. The van der Waals surface area contributed by atoms with E-state index in [2.05, 4.69) is 10.1 Å². The molecule has 1 N–H and O–H groups in total. The largest absolute Gasteiger partial charge is 0.393 e. The minimum absolute atomic E-state index is 0.0239. The number of aliphatic hydroxyl groups excluding tert-OH is 1. The Labute approximate surface area is 133 Å². The van der Waals surface area contributed by atoms with Crippen LogP contribution in [0.4, 0.5) is 0 Å². The van der Waals surface area contributed by atoms with E-state index in [0.29, 0.717) is 11.3 Å². The van der Waals surface area contributed by atoms with Crippen LogP contribution in [0, 0.1) is 0 Å². The van der Waals surface area contributed by atoms with Gasteiger partial charge in [0.25, 0.3) is 5.91 Å². The number of aliphatic hydroxyl groups is 1. The Morgan fingerprint density at radius 1 is 1.55 bits per heavy atom. The predicted octanol–water partition coefficient (Wildman–Crippen LogP) is 1.92. The molecule has 0 spiro atoms. The van der Waals surface area contributed by atoms with Crippen LogP contribution in [-0.4, -0.2) is 49.4 Å². The first kappa shape index (κ1) is 15.2. The second-order valence-electron chi connectivity index (χ2n) is 5.81. The number of thiazole rings is 1. The third-order valence-corrected chi connectivity index (χ3v) is 4.95. The van der Waals surface area contributed by atoms with Gasteiger partial charge >= 0.3 is 0 Å². The second kappa shape index (κ2) is 6.18. The monoisotopic (exact) mass is 320 g/mol. The number of hydrogen-bond acceptors (Lipinski definition) is 5. The number of aromatic nitrogens is 3. The number of carbonyl (C=O) groups excluding carboxylic acids is 1. The van der Waals surface area contributed by atoms with Crippen LogP contribution < -0.4 is 0 Å². The normalized spacial score (nSPS) is 19.6. The molecule has 2 atom stereocenters. The lowest BCUT2D eigenvalue weighted by Gasteiger charge is -2.25. The Kier molecular flexibility index (Phi) is 4.26. The van der Waals surface area contributed by atoms with E-state index >= 15 is 0 Å². The van der Waals surface area contributed by atoms with Crippen molar-refractivity contribution in [2.75, 3.05) is 6.54 Å². The highest BCUT2D eigenvalue weighted by molar-refractivity contribution is 7.16. The van der Waals surface area contributed by atoms with Crippen LogP contribution in [0.2, 0.25) is 0 Å². The van der Waals surface area contributed by atoms with Crippen LogP contribution in [0.1, 0.15) is 35.9 Å². The highest BCUT2D eigenvalue weighted by Gasteiger charge is 2.31. The lowest BCUT2D eigenvalue weighted by Crippen LogP contribution is -2.36. The molecule has 22 heavy (non-hydrogen) atoms. The summed E-state index contributed by atoms with van der Waals surface area (Å²) < 4.78 is 1.72. The van der Waals surface area contributed by atoms with Crippen LogP contribution in [-0.2, 0) is 7.05 Å². The molecule has 118 valence electrons. The van der Waals surface area contributed by atoms with Gasteiger partial charge in [-0.2, -0.15) is 5.10 Å². The predicted molar refractivity (Wildman–Crippen MR) is 84.7 cm³/mol. The van der Waals surface area contributed by atoms with Gasteiger partial charge < -0.3 is 10.0 Å². The van der Waals surface area contributed by atoms with Gasteiger partial charge in [-0.25, -0.2) is 4.98 Å². The van der Waals surface area contributed by atoms with E-state index in [4.69, 9.17) is 0 Å². The third-order valence-electron chi connectivity index (χ3n) is 3.92. The van der Waals surface area contributed by atoms with Gasteiger partial charge in [0.15, 0.2) is 0 Å². The summed E-state index contributed by atoms with van der Waals surface area (Å²) in [5.41, 5.74) is 0.925. The molecule has 1 amide bonds. The zero-order chi connectivity index (χ0) is 15.7. The fraction of sp³-hybridized carbons (Fsp3) is 0.533. The van der Waals surface area contributed by atoms with Gasteiger partial charge in [0, 0.05) is 31.4 Å². The van der Waals surface area contributed by atoms with Gasteiger partial charge in [-0.05, 0) is 26.2 Å². The van der Waals surface area contributed by atoms with Crippen molar-refractivity contribution in [3.05, 3.63) is 23.5 Å². The van der Waals surface area contributed by atoms with Gasteiger partial charge in [0.1, 0.15) is 9.88 Å². The summed E-state index contributed by atoms with van der Waals surface area (Å²) in [7, 11) is 1.86. The van der Waals surface area contributed by atoms with E-state index in [1.165, 1.54) is 11.3 Å². The molecule has 3 rings (SSSR count). The fourth-order valence-corrected chi connectivity index (χ4v) is 3.77. The summed E-state index contributed by atoms with van der Waals surface area (Å²) in [5.74, 6) is 0.0239. The summed E-state index contributed by atoms with van der Waals surface area (Å²) in [6, 6.07) is 0.136. The third kappa shape index (κ3) is 3.05. The van der Waals surface area contributed by atoms with E-state index in [1.807, 2.05) is 18.1 Å². The Morgan fingerprint density at radius 3 is 3.05 bits per heavy atom. The van der Waals surface area contributed by atoms with E-state index in [9.17, 15) is 9.90 Å². The lowest BCUT2D eigenvalue weighted by molar-refractivity contribution is 0.0686. The first-order valence-corrected chi connectivity index (χ1v) is 8.30. The number of carbonyl (C=O) groups is 1. The minimum Gasteiger partial charge on any atom is -0.393 e. The van der Waals surface area contributed by atoms with Crippen molar-refractivity contribution < 1.29 is 9.90 Å². The highest BCUT2D eigenvalue weighted by atomic mass is 32.1. The summed E-state index contributed by atoms with van der Waals surface area (Å²) >= 11 is 1.40. The molecule has 0 aliphatic carbocycles. The molecule has 2 unspecified atom stereocenters. The maximum Gasteiger partial charge on any atom is 0.265 e. The molecule has 0 saturated carbocycles. The quantitative estimate of drug-likeness (QED) is 0.934. The molecule has 1 aliphatic heterocycles. The topological polar surface area (TPSA) is 71.2 Å². The Bertz CT molecular complexity index is 664. The number of amides is 1. The van der Waals surface area contributed by atoms with Crippen molar-refractivity contribution in [3.8, 4) is 10.6 Å². The molecule has 1 aliphatic rings. The lowest BCUT2D eigenvalue weighted by atomic mass is 10.1. The summed E-state index contributed by atoms with van der Waals surface area (Å²) in [4.78, 5) is 19.6. The molecular weight excluding hydrogens is 300 g/mol. The average molecular weight is 320 g/mol. The number of aryl methyl sites for hydroxylation is 1. The van der Waals surface area contributed by atoms with Gasteiger partial charge in [0.05, 0.1) is 18.5 Å².